The molecule has 0 heterocycles. The SMILES string of the molecule is COCCNC(=O)C1CCC(C(=O)Nc2ccccc2Oc2ccccc2)CC1. The number of hydrogen-bond donors (Lipinski definition) is 2. The highest BCUT2D eigenvalue weighted by atomic mass is 16.5. The molecule has 0 unspecified atom stereocenters. The van der Waals surface area contributed by atoms with E-state index in [1.165, 1.54) is 0 Å². The average Bonchev–Trinajstić information content (AvgIpc) is 2.76. The Labute approximate surface area is 171 Å². The van der Waals surface area contributed by atoms with Crippen molar-refractivity contribution < 1.29 is 19.1 Å². The highest BCUT2D eigenvalue weighted by molar-refractivity contribution is 5.94. The first-order valence-corrected chi connectivity index (χ1v) is 10.1. The lowest BCUT2D eigenvalue weighted by molar-refractivity contribution is -0.128. The quantitative estimate of drug-likeness (QED) is 0.662. The minimum absolute atomic E-state index is 0.0210. The third-order valence-electron chi connectivity index (χ3n) is 5.19. The maximum absolute atomic E-state index is 12.8. The summed E-state index contributed by atoms with van der Waals surface area (Å²) in [5.41, 5.74) is 0.654. The summed E-state index contributed by atoms with van der Waals surface area (Å²) in [6, 6.07) is 16.9. The van der Waals surface area contributed by atoms with Gasteiger partial charge in [-0.15, -0.1) is 0 Å². The Bertz CT molecular complexity index is 802. The molecule has 0 aromatic heterocycles. The van der Waals surface area contributed by atoms with Crippen LogP contribution in [0.2, 0.25) is 0 Å². The second-order valence-corrected chi connectivity index (χ2v) is 7.23. The third kappa shape index (κ3) is 6.06. The summed E-state index contributed by atoms with van der Waals surface area (Å²) in [6.45, 7) is 1.03. The van der Waals surface area contributed by atoms with Crippen molar-refractivity contribution in [3.05, 3.63) is 54.6 Å². The molecule has 154 valence electrons. The van der Waals surface area contributed by atoms with Crippen LogP contribution in [-0.4, -0.2) is 32.1 Å². The van der Waals surface area contributed by atoms with Crippen LogP contribution < -0.4 is 15.4 Å². The van der Waals surface area contributed by atoms with Crippen molar-refractivity contribution in [3.63, 3.8) is 0 Å². The number of hydrogen-bond acceptors (Lipinski definition) is 4. The van der Waals surface area contributed by atoms with E-state index in [0.29, 0.717) is 43.2 Å². The van der Waals surface area contributed by atoms with Crippen LogP contribution in [0, 0.1) is 11.8 Å². The smallest absolute Gasteiger partial charge is 0.227 e. The molecule has 0 atom stereocenters. The first-order valence-electron chi connectivity index (χ1n) is 10.1. The van der Waals surface area contributed by atoms with Crippen LogP contribution in [0.1, 0.15) is 25.7 Å². The zero-order chi connectivity index (χ0) is 20.5. The van der Waals surface area contributed by atoms with Crippen LogP contribution in [0.15, 0.2) is 54.6 Å². The van der Waals surface area contributed by atoms with Crippen LogP contribution in [-0.2, 0) is 14.3 Å². The van der Waals surface area contributed by atoms with E-state index in [-0.39, 0.29) is 23.7 Å². The molecule has 2 aromatic rings. The van der Waals surface area contributed by atoms with Gasteiger partial charge in [0.25, 0.3) is 0 Å². The summed E-state index contributed by atoms with van der Waals surface area (Å²) in [4.78, 5) is 25.0. The summed E-state index contributed by atoms with van der Waals surface area (Å²) in [6.07, 6.45) is 2.85. The minimum Gasteiger partial charge on any atom is -0.455 e. The van der Waals surface area contributed by atoms with Gasteiger partial charge in [-0.1, -0.05) is 30.3 Å². The second kappa shape index (κ2) is 10.6. The number of anilines is 1. The number of carbonyl (C=O) groups excluding carboxylic acids is 2. The Hall–Kier alpha value is -2.86. The first kappa shape index (κ1) is 20.9. The fourth-order valence-corrected chi connectivity index (χ4v) is 3.55. The predicted octanol–water partition coefficient (Wildman–Crippen LogP) is 3.99. The van der Waals surface area contributed by atoms with E-state index < -0.39 is 0 Å². The second-order valence-electron chi connectivity index (χ2n) is 7.23. The number of carbonyl (C=O) groups is 2. The predicted molar refractivity (Wildman–Crippen MR) is 112 cm³/mol. The van der Waals surface area contributed by atoms with Gasteiger partial charge in [0.1, 0.15) is 5.75 Å². The molecular weight excluding hydrogens is 368 g/mol. The summed E-state index contributed by atoms with van der Waals surface area (Å²) >= 11 is 0. The molecule has 2 aromatic carbocycles. The monoisotopic (exact) mass is 396 g/mol. The van der Waals surface area contributed by atoms with Crippen LogP contribution in [0.5, 0.6) is 11.5 Å². The van der Waals surface area contributed by atoms with Gasteiger partial charge in [-0.2, -0.15) is 0 Å². The number of ether oxygens (including phenoxy) is 2. The van der Waals surface area contributed by atoms with Crippen LogP contribution in [0.25, 0.3) is 0 Å². The third-order valence-corrected chi connectivity index (χ3v) is 5.19. The molecule has 0 radical (unpaired) electrons. The zero-order valence-corrected chi connectivity index (χ0v) is 16.7. The summed E-state index contributed by atoms with van der Waals surface area (Å²) < 4.78 is 10.9. The molecule has 0 spiro atoms. The van der Waals surface area contributed by atoms with Crippen molar-refractivity contribution in [3.8, 4) is 11.5 Å². The van der Waals surface area contributed by atoms with E-state index in [1.54, 1.807) is 7.11 Å². The van der Waals surface area contributed by atoms with Gasteiger partial charge in [0.05, 0.1) is 12.3 Å². The highest BCUT2D eigenvalue weighted by Crippen LogP contribution is 2.33. The lowest BCUT2D eigenvalue weighted by Crippen LogP contribution is -2.36. The molecule has 2 amide bonds. The first-order chi connectivity index (χ1) is 14.2. The standard InChI is InChI=1S/C23H28N2O4/c1-28-16-15-24-22(26)17-11-13-18(14-12-17)23(27)25-20-9-5-6-10-21(20)29-19-7-3-2-4-8-19/h2-10,17-18H,11-16H2,1H3,(H,24,26)(H,25,27). The molecule has 0 saturated heterocycles. The molecule has 3 rings (SSSR count). The van der Waals surface area contributed by atoms with Crippen LogP contribution in [0.3, 0.4) is 0 Å². The van der Waals surface area contributed by atoms with Gasteiger partial charge >= 0.3 is 0 Å². The maximum atomic E-state index is 12.8. The molecule has 1 aliphatic rings. The largest absolute Gasteiger partial charge is 0.455 e. The lowest BCUT2D eigenvalue weighted by Gasteiger charge is -2.27. The molecule has 1 fully saturated rings. The Balaban J connectivity index is 1.53. The Kier molecular flexibility index (Phi) is 7.64. The molecule has 1 saturated carbocycles. The number of rotatable bonds is 8. The van der Waals surface area contributed by atoms with Crippen molar-refractivity contribution in [1.29, 1.82) is 0 Å². The van der Waals surface area contributed by atoms with E-state index in [0.717, 1.165) is 12.8 Å². The van der Waals surface area contributed by atoms with E-state index in [4.69, 9.17) is 9.47 Å². The maximum Gasteiger partial charge on any atom is 0.227 e. The van der Waals surface area contributed by atoms with E-state index in [1.807, 2.05) is 54.6 Å². The molecule has 1 aliphatic carbocycles. The molecule has 6 nitrogen and oxygen atoms in total. The Morgan fingerprint density at radius 1 is 0.897 bits per heavy atom. The Morgan fingerprint density at radius 3 is 2.21 bits per heavy atom. The van der Waals surface area contributed by atoms with Crippen LogP contribution >= 0.6 is 0 Å². The number of amides is 2. The molecule has 2 N–H and O–H groups in total. The van der Waals surface area contributed by atoms with Crippen molar-refractivity contribution >= 4 is 17.5 Å². The van der Waals surface area contributed by atoms with Gasteiger partial charge in [-0.25, -0.2) is 0 Å². The molecule has 6 heteroatoms. The lowest BCUT2D eigenvalue weighted by atomic mass is 9.81. The topological polar surface area (TPSA) is 76.7 Å². The number of benzene rings is 2. The van der Waals surface area contributed by atoms with Gasteiger partial charge in [0.2, 0.25) is 11.8 Å². The van der Waals surface area contributed by atoms with E-state index >= 15 is 0 Å². The fourth-order valence-electron chi connectivity index (χ4n) is 3.55. The van der Waals surface area contributed by atoms with Crippen molar-refractivity contribution in [1.82, 2.24) is 5.32 Å². The summed E-state index contributed by atoms with van der Waals surface area (Å²) in [7, 11) is 1.61. The molecule has 0 bridgehead atoms. The fraction of sp³-hybridized carbons (Fsp3) is 0.391. The summed E-state index contributed by atoms with van der Waals surface area (Å²) in [5.74, 6) is 1.25. The Morgan fingerprint density at radius 2 is 1.52 bits per heavy atom. The van der Waals surface area contributed by atoms with Gasteiger partial charge in [0, 0.05) is 25.5 Å². The molecule has 29 heavy (non-hydrogen) atoms. The average molecular weight is 396 g/mol. The van der Waals surface area contributed by atoms with Gasteiger partial charge < -0.3 is 20.1 Å². The number of nitrogens with one attached hydrogen (secondary N) is 2. The van der Waals surface area contributed by atoms with Crippen LogP contribution in [0.4, 0.5) is 5.69 Å². The number of methoxy groups -OCH3 is 1. The van der Waals surface area contributed by atoms with Crippen molar-refractivity contribution in [2.24, 2.45) is 11.8 Å². The highest BCUT2D eigenvalue weighted by Gasteiger charge is 2.30. The minimum atomic E-state index is -0.0946. The molecule has 0 aliphatic heterocycles. The number of para-hydroxylation sites is 3. The van der Waals surface area contributed by atoms with Crippen molar-refractivity contribution in [2.45, 2.75) is 25.7 Å². The molecular formula is C23H28N2O4. The van der Waals surface area contributed by atoms with E-state index in [9.17, 15) is 9.59 Å². The normalized spacial score (nSPS) is 18.7. The van der Waals surface area contributed by atoms with Gasteiger partial charge in [-0.3, -0.25) is 9.59 Å². The zero-order valence-electron chi connectivity index (χ0n) is 16.7. The van der Waals surface area contributed by atoms with Crippen molar-refractivity contribution in [2.75, 3.05) is 25.6 Å². The summed E-state index contributed by atoms with van der Waals surface area (Å²) in [5, 5.41) is 5.89. The van der Waals surface area contributed by atoms with E-state index in [2.05, 4.69) is 10.6 Å². The van der Waals surface area contributed by atoms with Gasteiger partial charge in [0.15, 0.2) is 5.75 Å². The van der Waals surface area contributed by atoms with Gasteiger partial charge in [-0.05, 0) is 49.9 Å².